The van der Waals surface area contributed by atoms with E-state index in [1.807, 2.05) is 6.08 Å². The molecule has 0 atom stereocenters. The number of hydrogen-bond donors (Lipinski definition) is 2. The second-order valence-electron chi connectivity index (χ2n) is 6.67. The molecule has 2 N–H and O–H groups in total. The highest BCUT2D eigenvalue weighted by molar-refractivity contribution is 8.18. The molecule has 3 heterocycles. The number of rotatable bonds is 3. The van der Waals surface area contributed by atoms with Gasteiger partial charge in [-0.15, -0.1) is 0 Å². The van der Waals surface area contributed by atoms with E-state index >= 15 is 0 Å². The van der Waals surface area contributed by atoms with Crippen molar-refractivity contribution in [2.24, 2.45) is 0 Å². The van der Waals surface area contributed by atoms with Crippen molar-refractivity contribution in [1.29, 1.82) is 5.41 Å². The van der Waals surface area contributed by atoms with Crippen LogP contribution in [0.5, 0.6) is 0 Å². The van der Waals surface area contributed by atoms with Crippen molar-refractivity contribution in [3.63, 3.8) is 0 Å². The minimum atomic E-state index is -0.204. The summed E-state index contributed by atoms with van der Waals surface area (Å²) in [6, 6.07) is 10.6. The lowest BCUT2D eigenvalue weighted by Crippen LogP contribution is -2.36. The van der Waals surface area contributed by atoms with Crippen LogP contribution in [0.3, 0.4) is 0 Å². The highest BCUT2D eigenvalue weighted by Gasteiger charge is 2.23. The molecule has 2 saturated heterocycles. The Bertz CT molecular complexity index is 924. The first-order valence-electron chi connectivity index (χ1n) is 8.94. The molecule has 27 heavy (non-hydrogen) atoms. The number of nitrogens with zero attached hydrogens (tertiary/aromatic N) is 2. The summed E-state index contributed by atoms with van der Waals surface area (Å²) in [5.41, 5.74) is 5.49. The monoisotopic (exact) mass is 382 g/mol. The SMILES string of the molecule is Cc1cc(C=C2SC(=N)NC2=O)c(C)n1-c1ccc(N2CCOCC2)cc1. The number of aromatic nitrogens is 1. The normalized spacial score (nSPS) is 19.0. The third kappa shape index (κ3) is 3.52. The van der Waals surface area contributed by atoms with Crippen LogP contribution in [0, 0.1) is 19.3 Å². The third-order valence-electron chi connectivity index (χ3n) is 4.90. The Morgan fingerprint density at radius 2 is 1.81 bits per heavy atom. The molecule has 0 radical (unpaired) electrons. The van der Waals surface area contributed by atoms with Crippen LogP contribution in [0.15, 0.2) is 35.2 Å². The smallest absolute Gasteiger partial charge is 0.264 e. The molecule has 140 valence electrons. The van der Waals surface area contributed by atoms with E-state index in [0.717, 1.165) is 60.7 Å². The van der Waals surface area contributed by atoms with Gasteiger partial charge in [0.25, 0.3) is 5.91 Å². The molecule has 0 unspecified atom stereocenters. The number of nitrogens with one attached hydrogen (secondary N) is 2. The van der Waals surface area contributed by atoms with E-state index in [-0.39, 0.29) is 11.1 Å². The number of morpholine rings is 1. The maximum atomic E-state index is 11.9. The molecule has 2 aliphatic heterocycles. The number of thioether (sulfide) groups is 1. The van der Waals surface area contributed by atoms with Gasteiger partial charge in [0.2, 0.25) is 0 Å². The van der Waals surface area contributed by atoms with Crippen molar-refractivity contribution in [1.82, 2.24) is 9.88 Å². The lowest BCUT2D eigenvalue weighted by Gasteiger charge is -2.29. The second kappa shape index (κ2) is 7.25. The lowest BCUT2D eigenvalue weighted by atomic mass is 10.2. The Morgan fingerprint density at radius 3 is 2.44 bits per heavy atom. The minimum absolute atomic E-state index is 0.179. The van der Waals surface area contributed by atoms with Crippen LogP contribution >= 0.6 is 11.8 Å². The molecule has 1 aromatic carbocycles. The first kappa shape index (κ1) is 17.9. The van der Waals surface area contributed by atoms with Crippen LogP contribution in [0.4, 0.5) is 5.69 Å². The van der Waals surface area contributed by atoms with E-state index in [4.69, 9.17) is 10.1 Å². The van der Waals surface area contributed by atoms with Gasteiger partial charge < -0.3 is 19.5 Å². The zero-order chi connectivity index (χ0) is 19.0. The van der Waals surface area contributed by atoms with Crippen molar-refractivity contribution < 1.29 is 9.53 Å². The van der Waals surface area contributed by atoms with Gasteiger partial charge >= 0.3 is 0 Å². The summed E-state index contributed by atoms with van der Waals surface area (Å²) in [7, 11) is 0. The highest BCUT2D eigenvalue weighted by Crippen LogP contribution is 2.29. The standard InChI is InChI=1S/C20H22N4O2S/c1-13-11-15(12-18-19(25)22-20(21)27-18)14(2)24(13)17-5-3-16(4-6-17)23-7-9-26-10-8-23/h3-6,11-12H,7-10H2,1-2H3,(H2,21,22,25). The van der Waals surface area contributed by atoms with Crippen LogP contribution in [-0.4, -0.2) is 41.9 Å². The van der Waals surface area contributed by atoms with Gasteiger partial charge in [-0.25, -0.2) is 0 Å². The Kier molecular flexibility index (Phi) is 4.80. The molecule has 0 saturated carbocycles. The number of ether oxygens (including phenoxy) is 1. The fourth-order valence-electron chi connectivity index (χ4n) is 3.55. The van der Waals surface area contributed by atoms with E-state index in [2.05, 4.69) is 59.0 Å². The van der Waals surface area contributed by atoms with Crippen LogP contribution < -0.4 is 10.2 Å². The van der Waals surface area contributed by atoms with Crippen molar-refractivity contribution in [2.45, 2.75) is 13.8 Å². The number of anilines is 1. The summed E-state index contributed by atoms with van der Waals surface area (Å²) in [4.78, 5) is 14.8. The van der Waals surface area contributed by atoms with E-state index in [9.17, 15) is 4.79 Å². The van der Waals surface area contributed by atoms with E-state index in [1.165, 1.54) is 5.69 Å². The Morgan fingerprint density at radius 1 is 1.15 bits per heavy atom. The Balaban J connectivity index is 1.62. The molecule has 1 amide bonds. The number of aryl methyl sites for hydroxylation is 1. The average molecular weight is 382 g/mol. The van der Waals surface area contributed by atoms with Gasteiger partial charge in [0, 0.05) is 35.9 Å². The average Bonchev–Trinajstić information content (AvgIpc) is 3.13. The van der Waals surface area contributed by atoms with Gasteiger partial charge in [-0.3, -0.25) is 10.2 Å². The van der Waals surface area contributed by atoms with E-state index in [0.29, 0.717) is 4.91 Å². The van der Waals surface area contributed by atoms with Gasteiger partial charge in [-0.05, 0) is 67.6 Å². The number of amidine groups is 1. The summed E-state index contributed by atoms with van der Waals surface area (Å²) in [5.74, 6) is -0.204. The summed E-state index contributed by atoms with van der Waals surface area (Å²) in [6.07, 6.45) is 1.86. The van der Waals surface area contributed by atoms with Crippen LogP contribution in [0.2, 0.25) is 0 Å². The Labute approximate surface area is 162 Å². The molecular formula is C20H22N4O2S. The van der Waals surface area contributed by atoms with Crippen LogP contribution in [-0.2, 0) is 9.53 Å². The van der Waals surface area contributed by atoms with Gasteiger partial charge in [-0.1, -0.05) is 0 Å². The van der Waals surface area contributed by atoms with Crippen molar-refractivity contribution >= 4 is 34.6 Å². The van der Waals surface area contributed by atoms with E-state index in [1.54, 1.807) is 0 Å². The maximum absolute atomic E-state index is 11.9. The lowest BCUT2D eigenvalue weighted by molar-refractivity contribution is -0.115. The van der Waals surface area contributed by atoms with Crippen LogP contribution in [0.25, 0.3) is 11.8 Å². The summed E-state index contributed by atoms with van der Waals surface area (Å²) in [6.45, 7) is 7.52. The second-order valence-corrected chi connectivity index (χ2v) is 7.72. The molecule has 6 nitrogen and oxygen atoms in total. The molecule has 1 aromatic heterocycles. The van der Waals surface area contributed by atoms with Crippen molar-refractivity contribution in [3.8, 4) is 5.69 Å². The number of hydrogen-bond acceptors (Lipinski definition) is 5. The van der Waals surface area contributed by atoms with E-state index < -0.39 is 0 Å². The molecule has 2 aromatic rings. The van der Waals surface area contributed by atoms with Gasteiger partial charge in [-0.2, -0.15) is 0 Å². The highest BCUT2D eigenvalue weighted by atomic mass is 32.2. The number of carbonyl (C=O) groups is 1. The minimum Gasteiger partial charge on any atom is -0.378 e. The maximum Gasteiger partial charge on any atom is 0.264 e. The molecular weight excluding hydrogens is 360 g/mol. The van der Waals surface area contributed by atoms with Gasteiger partial charge in [0.1, 0.15) is 0 Å². The quantitative estimate of drug-likeness (QED) is 0.801. The van der Waals surface area contributed by atoms with Crippen molar-refractivity contribution in [3.05, 3.63) is 52.2 Å². The summed E-state index contributed by atoms with van der Waals surface area (Å²) < 4.78 is 7.62. The molecule has 0 aliphatic carbocycles. The summed E-state index contributed by atoms with van der Waals surface area (Å²) >= 11 is 1.16. The molecule has 0 spiro atoms. The molecule has 7 heteroatoms. The molecule has 2 fully saturated rings. The summed E-state index contributed by atoms with van der Waals surface area (Å²) in [5, 5.41) is 10.3. The Hall–Kier alpha value is -2.51. The number of benzene rings is 1. The molecule has 2 aliphatic rings. The van der Waals surface area contributed by atoms with Crippen molar-refractivity contribution in [2.75, 3.05) is 31.2 Å². The van der Waals surface area contributed by atoms with Gasteiger partial charge in [0.05, 0.1) is 18.1 Å². The zero-order valence-electron chi connectivity index (χ0n) is 15.4. The largest absolute Gasteiger partial charge is 0.378 e. The first-order valence-corrected chi connectivity index (χ1v) is 9.76. The molecule has 0 bridgehead atoms. The van der Waals surface area contributed by atoms with Crippen LogP contribution in [0.1, 0.15) is 17.0 Å². The van der Waals surface area contributed by atoms with Gasteiger partial charge in [0.15, 0.2) is 5.17 Å². The number of amides is 1. The number of carbonyl (C=O) groups excluding carboxylic acids is 1. The predicted octanol–water partition coefficient (Wildman–Crippen LogP) is 3.07. The molecule has 4 rings (SSSR count). The first-order chi connectivity index (χ1) is 13.0. The predicted molar refractivity (Wildman–Crippen MR) is 110 cm³/mol. The fraction of sp³-hybridized carbons (Fsp3) is 0.300. The third-order valence-corrected chi connectivity index (χ3v) is 5.73. The fourth-order valence-corrected chi connectivity index (χ4v) is 4.24. The topological polar surface area (TPSA) is 70.4 Å². The zero-order valence-corrected chi connectivity index (χ0v) is 16.2.